The summed E-state index contributed by atoms with van der Waals surface area (Å²) in [5, 5.41) is 20.5. The monoisotopic (exact) mass is 703 g/mol. The van der Waals surface area contributed by atoms with Crippen molar-refractivity contribution >= 4 is 85.0 Å². The van der Waals surface area contributed by atoms with Crippen LogP contribution in [0.1, 0.15) is 6.92 Å². The molecule has 0 aliphatic rings. The first-order chi connectivity index (χ1) is 20.7. The van der Waals surface area contributed by atoms with E-state index in [-0.39, 0.29) is 27.2 Å². The van der Waals surface area contributed by atoms with Crippen LogP contribution in [0.5, 0.6) is 5.75 Å². The van der Waals surface area contributed by atoms with Crippen molar-refractivity contribution in [3.63, 3.8) is 0 Å². The largest absolute Gasteiger partial charge is 0.505 e. The third kappa shape index (κ3) is 7.77. The van der Waals surface area contributed by atoms with Crippen molar-refractivity contribution < 1.29 is 61.4 Å². The summed E-state index contributed by atoms with van der Waals surface area (Å²) in [6.07, 6.45) is 0. The Morgan fingerprint density at radius 2 is 1.47 bits per heavy atom. The average Bonchev–Trinajstić information content (AvgIpc) is 2.89. The number of aromatic hydroxyl groups is 1. The Hall–Kier alpha value is -4.09. The van der Waals surface area contributed by atoms with Crippen LogP contribution in [0.15, 0.2) is 79.5 Å². The van der Waals surface area contributed by atoms with Gasteiger partial charge < -0.3 is 10.4 Å². The van der Waals surface area contributed by atoms with Gasteiger partial charge in [-0.3, -0.25) is 18.5 Å². The normalized spacial score (nSPS) is 13.1. The van der Waals surface area contributed by atoms with E-state index in [9.17, 15) is 52.7 Å². The lowest BCUT2D eigenvalue weighted by atomic mass is 10.1. The molecule has 5 N–H and O–H groups in total. The minimum Gasteiger partial charge on any atom is -0.505 e. The highest BCUT2D eigenvalue weighted by Crippen LogP contribution is 2.43. The average molecular weight is 704 g/mol. The van der Waals surface area contributed by atoms with E-state index in [1.165, 1.54) is 31.2 Å². The van der Waals surface area contributed by atoms with Crippen LogP contribution in [0.3, 0.4) is 0 Å². The molecule has 45 heavy (non-hydrogen) atoms. The van der Waals surface area contributed by atoms with E-state index in [0.717, 1.165) is 30.3 Å². The van der Waals surface area contributed by atoms with Crippen LogP contribution in [-0.2, 0) is 49.5 Å². The number of sulfone groups is 1. The summed E-state index contributed by atoms with van der Waals surface area (Å²) in [5.74, 6) is -2.11. The summed E-state index contributed by atoms with van der Waals surface area (Å²) in [5.41, 5.74) is -1.14. The molecule has 0 aliphatic heterocycles. The molecule has 0 saturated carbocycles. The summed E-state index contributed by atoms with van der Waals surface area (Å²) in [7, 11) is -19.3. The van der Waals surface area contributed by atoms with Gasteiger partial charge in [-0.1, -0.05) is 12.1 Å². The standard InChI is InChI=1S/C24H21N3O14S4/c1-13(28)25-16-3-5-18-15(10-16)12-21(43(32,33)34)22(23(18)29)27-26-20-7-2-14-11-17(4-6-19(14)24(20)44(35,36)37)42(30,31)9-8-41-45(38,39)40/h2-7,10-12,29H,8-9H2,1H3,(H,25,28)(H,32,33,34)(H,35,36,37)(H,38,39,40)/b27-26+. The summed E-state index contributed by atoms with van der Waals surface area (Å²) in [6, 6.07) is 10.0. The number of anilines is 1. The first-order valence-corrected chi connectivity index (χ1v) is 17.9. The van der Waals surface area contributed by atoms with Crippen molar-refractivity contribution in [1.82, 2.24) is 0 Å². The molecule has 0 bridgehead atoms. The Morgan fingerprint density at radius 3 is 2.07 bits per heavy atom. The van der Waals surface area contributed by atoms with Gasteiger partial charge in [0.15, 0.2) is 15.6 Å². The van der Waals surface area contributed by atoms with Crippen LogP contribution in [0.4, 0.5) is 17.1 Å². The number of rotatable bonds is 10. The van der Waals surface area contributed by atoms with Gasteiger partial charge in [0.05, 0.1) is 17.3 Å². The van der Waals surface area contributed by atoms with Gasteiger partial charge in [-0.05, 0) is 53.2 Å². The molecule has 0 radical (unpaired) electrons. The molecule has 0 spiro atoms. The maximum absolute atomic E-state index is 12.6. The van der Waals surface area contributed by atoms with Crippen LogP contribution < -0.4 is 5.32 Å². The lowest BCUT2D eigenvalue weighted by molar-refractivity contribution is -0.114. The number of azo groups is 1. The molecule has 0 saturated heterocycles. The molecular formula is C24H21N3O14S4. The Balaban J connectivity index is 1.84. The molecule has 0 atom stereocenters. The van der Waals surface area contributed by atoms with Gasteiger partial charge in [-0.2, -0.15) is 25.3 Å². The number of hydrogen-bond donors (Lipinski definition) is 5. The summed E-state index contributed by atoms with van der Waals surface area (Å²) in [6.45, 7) is 0.314. The zero-order valence-electron chi connectivity index (χ0n) is 22.5. The number of benzene rings is 4. The van der Waals surface area contributed by atoms with Crippen molar-refractivity contribution in [3.8, 4) is 5.75 Å². The minimum atomic E-state index is -5.12. The van der Waals surface area contributed by atoms with Crippen LogP contribution in [0.25, 0.3) is 21.5 Å². The maximum Gasteiger partial charge on any atom is 0.397 e. The molecule has 21 heteroatoms. The quantitative estimate of drug-likeness (QED) is 0.117. The van der Waals surface area contributed by atoms with Crippen molar-refractivity contribution in [2.75, 3.05) is 17.7 Å². The Kier molecular flexibility index (Phi) is 9.02. The number of hydrogen-bond acceptors (Lipinski definition) is 13. The Labute approximate surface area is 255 Å². The highest BCUT2D eigenvalue weighted by Gasteiger charge is 2.25. The maximum atomic E-state index is 12.6. The van der Waals surface area contributed by atoms with Crippen molar-refractivity contribution in [2.24, 2.45) is 10.2 Å². The fourth-order valence-electron chi connectivity index (χ4n) is 4.21. The number of amides is 1. The first kappa shape index (κ1) is 33.8. The molecule has 0 fully saturated rings. The molecule has 17 nitrogen and oxygen atoms in total. The predicted octanol–water partition coefficient (Wildman–Crippen LogP) is 3.16. The van der Waals surface area contributed by atoms with Gasteiger partial charge in [-0.15, -0.1) is 10.2 Å². The second-order valence-corrected chi connectivity index (χ2v) is 15.2. The van der Waals surface area contributed by atoms with Crippen molar-refractivity contribution in [1.29, 1.82) is 0 Å². The molecule has 1 amide bonds. The van der Waals surface area contributed by atoms with Gasteiger partial charge in [0.25, 0.3) is 20.2 Å². The SMILES string of the molecule is CC(=O)Nc1ccc2c(O)c(/N=N/c3ccc4cc(S(=O)(=O)CCOS(=O)(=O)O)ccc4c3S(=O)(=O)O)c(S(=O)(=O)O)cc2c1. The van der Waals surface area contributed by atoms with Crippen molar-refractivity contribution in [2.45, 2.75) is 21.6 Å². The molecule has 0 aromatic heterocycles. The number of carbonyl (C=O) groups excluding carboxylic acids is 1. The molecule has 0 aliphatic carbocycles. The highest BCUT2D eigenvalue weighted by molar-refractivity contribution is 7.91. The topological polar surface area (TPSA) is 281 Å². The lowest BCUT2D eigenvalue weighted by Crippen LogP contribution is -2.15. The summed E-state index contributed by atoms with van der Waals surface area (Å²) >= 11 is 0. The van der Waals surface area contributed by atoms with Crippen LogP contribution in [-0.4, -0.2) is 70.7 Å². The second-order valence-electron chi connectivity index (χ2n) is 9.20. The van der Waals surface area contributed by atoms with Gasteiger partial charge in [-0.25, -0.2) is 12.6 Å². The zero-order valence-corrected chi connectivity index (χ0v) is 25.8. The van der Waals surface area contributed by atoms with Crippen LogP contribution in [0.2, 0.25) is 0 Å². The predicted molar refractivity (Wildman–Crippen MR) is 157 cm³/mol. The smallest absolute Gasteiger partial charge is 0.397 e. The number of phenols is 1. The zero-order chi connectivity index (χ0) is 33.5. The molecule has 4 aromatic carbocycles. The molecule has 0 unspecified atom stereocenters. The first-order valence-electron chi connectivity index (χ1n) is 12.0. The molecule has 240 valence electrons. The molecule has 4 rings (SSSR count). The van der Waals surface area contributed by atoms with E-state index in [4.69, 9.17) is 4.55 Å². The number of phenolic OH excluding ortho intramolecular Hbond substituents is 1. The van der Waals surface area contributed by atoms with Gasteiger partial charge in [0, 0.05) is 23.4 Å². The molecule has 0 heterocycles. The Morgan fingerprint density at radius 1 is 0.800 bits per heavy atom. The fourth-order valence-corrected chi connectivity index (χ4v) is 7.22. The second kappa shape index (κ2) is 12.0. The number of carbonyl (C=O) groups is 1. The van der Waals surface area contributed by atoms with E-state index in [2.05, 4.69) is 19.7 Å². The van der Waals surface area contributed by atoms with Crippen LogP contribution >= 0.6 is 0 Å². The van der Waals surface area contributed by atoms with E-state index < -0.39 is 90.6 Å². The highest BCUT2D eigenvalue weighted by atomic mass is 32.3. The van der Waals surface area contributed by atoms with Crippen LogP contribution in [0, 0.1) is 0 Å². The number of fused-ring (bicyclic) bond motifs is 2. The number of nitrogens with zero attached hydrogens (tertiary/aromatic N) is 2. The summed E-state index contributed by atoms with van der Waals surface area (Å²) in [4.78, 5) is 9.17. The summed E-state index contributed by atoms with van der Waals surface area (Å²) < 4.78 is 128. The van der Waals surface area contributed by atoms with Gasteiger partial charge >= 0.3 is 10.4 Å². The van der Waals surface area contributed by atoms with E-state index in [1.807, 2.05) is 0 Å². The lowest BCUT2D eigenvalue weighted by Gasteiger charge is -2.11. The van der Waals surface area contributed by atoms with E-state index in [0.29, 0.717) is 0 Å². The molecular weight excluding hydrogens is 683 g/mol. The number of nitrogens with one attached hydrogen (secondary N) is 1. The third-order valence-corrected chi connectivity index (χ3v) is 9.98. The Bertz CT molecular complexity index is 2360. The molecule has 4 aromatic rings. The van der Waals surface area contributed by atoms with E-state index in [1.54, 1.807) is 0 Å². The van der Waals surface area contributed by atoms with Gasteiger partial charge in [0.1, 0.15) is 21.2 Å². The van der Waals surface area contributed by atoms with Gasteiger partial charge in [0.2, 0.25) is 5.91 Å². The third-order valence-electron chi connectivity index (χ3n) is 6.03. The minimum absolute atomic E-state index is 0.00898. The van der Waals surface area contributed by atoms with E-state index >= 15 is 0 Å². The fraction of sp³-hybridized carbons (Fsp3) is 0.125. The van der Waals surface area contributed by atoms with Crippen molar-refractivity contribution in [3.05, 3.63) is 54.6 Å².